The van der Waals surface area contributed by atoms with Gasteiger partial charge in [0, 0.05) is 22.1 Å². The van der Waals surface area contributed by atoms with Crippen LogP contribution in [0.4, 0.5) is 0 Å². The zero-order valence-corrected chi connectivity index (χ0v) is 12.6. The molecule has 0 radical (unpaired) electrons. The van der Waals surface area contributed by atoms with Crippen LogP contribution in [0.15, 0.2) is 16.6 Å². The Labute approximate surface area is 112 Å². The Bertz CT molecular complexity index is 386. The fraction of sp³-hybridized carbons (Fsp3) is 0.538. The predicted molar refractivity (Wildman–Crippen MR) is 73.2 cm³/mol. The number of nitrogens with one attached hydrogen (secondary N) is 1. The highest BCUT2D eigenvalue weighted by atomic mass is 79.9. The minimum Gasteiger partial charge on any atom is -0.496 e. The lowest BCUT2D eigenvalue weighted by Crippen LogP contribution is -2.17. The molecule has 0 aromatic heterocycles. The highest BCUT2D eigenvalue weighted by Crippen LogP contribution is 2.36. The summed E-state index contributed by atoms with van der Waals surface area (Å²) in [7, 11) is 3.31. The third kappa shape index (κ3) is 3.69. The van der Waals surface area contributed by atoms with Crippen molar-refractivity contribution in [1.29, 1.82) is 0 Å². The van der Waals surface area contributed by atoms with Crippen molar-refractivity contribution in [3.63, 3.8) is 0 Å². The van der Waals surface area contributed by atoms with Crippen molar-refractivity contribution in [2.45, 2.75) is 32.7 Å². The quantitative estimate of drug-likeness (QED) is 0.865. The van der Waals surface area contributed by atoms with Crippen LogP contribution in [0, 0.1) is 0 Å². The van der Waals surface area contributed by atoms with Crippen LogP contribution in [-0.4, -0.2) is 14.2 Å². The Morgan fingerprint density at radius 2 is 1.88 bits per heavy atom. The normalized spacial score (nSPS) is 11.6. The SMILES string of the molecule is CONCc1cc(Br)cc(C(C)(C)C)c1OC. The van der Waals surface area contributed by atoms with Crippen molar-refractivity contribution in [1.82, 2.24) is 5.48 Å². The monoisotopic (exact) mass is 301 g/mol. The minimum atomic E-state index is 0.0386. The van der Waals surface area contributed by atoms with Gasteiger partial charge in [0.25, 0.3) is 0 Å². The summed E-state index contributed by atoms with van der Waals surface area (Å²) in [6.07, 6.45) is 0. The lowest BCUT2D eigenvalue weighted by Gasteiger charge is -2.24. The van der Waals surface area contributed by atoms with Gasteiger partial charge in [-0.1, -0.05) is 36.7 Å². The number of hydroxylamine groups is 1. The molecule has 0 aliphatic carbocycles. The molecule has 1 rings (SSSR count). The molecule has 0 fully saturated rings. The van der Waals surface area contributed by atoms with Gasteiger partial charge in [-0.2, -0.15) is 5.48 Å². The molecule has 0 unspecified atom stereocenters. The largest absolute Gasteiger partial charge is 0.496 e. The molecule has 96 valence electrons. The molecule has 3 nitrogen and oxygen atoms in total. The van der Waals surface area contributed by atoms with Crippen molar-refractivity contribution in [3.05, 3.63) is 27.7 Å². The maximum atomic E-state index is 5.54. The molecule has 17 heavy (non-hydrogen) atoms. The van der Waals surface area contributed by atoms with Gasteiger partial charge in [-0.25, -0.2) is 0 Å². The van der Waals surface area contributed by atoms with Crippen LogP contribution >= 0.6 is 15.9 Å². The van der Waals surface area contributed by atoms with E-state index in [0.717, 1.165) is 15.8 Å². The average Bonchev–Trinajstić information content (AvgIpc) is 2.24. The van der Waals surface area contributed by atoms with E-state index in [2.05, 4.69) is 48.2 Å². The molecule has 1 N–H and O–H groups in total. The van der Waals surface area contributed by atoms with E-state index in [1.807, 2.05) is 6.07 Å². The second-order valence-electron chi connectivity index (χ2n) is 4.92. The Morgan fingerprint density at radius 3 is 2.35 bits per heavy atom. The van der Waals surface area contributed by atoms with Crippen LogP contribution in [0.3, 0.4) is 0 Å². The lowest BCUT2D eigenvalue weighted by atomic mass is 9.85. The molecule has 0 aliphatic heterocycles. The highest BCUT2D eigenvalue weighted by molar-refractivity contribution is 9.10. The summed E-state index contributed by atoms with van der Waals surface area (Å²) in [6.45, 7) is 7.13. The summed E-state index contributed by atoms with van der Waals surface area (Å²) in [5, 5.41) is 0. The van der Waals surface area contributed by atoms with Gasteiger partial charge in [-0.05, 0) is 17.5 Å². The Hall–Kier alpha value is -0.580. The predicted octanol–water partition coefficient (Wildman–Crippen LogP) is 3.41. The number of ether oxygens (including phenoxy) is 1. The topological polar surface area (TPSA) is 30.5 Å². The Balaban J connectivity index is 3.25. The van der Waals surface area contributed by atoms with Crippen molar-refractivity contribution >= 4 is 15.9 Å². The van der Waals surface area contributed by atoms with Crippen molar-refractivity contribution in [2.75, 3.05) is 14.2 Å². The van der Waals surface area contributed by atoms with E-state index in [-0.39, 0.29) is 5.41 Å². The van der Waals surface area contributed by atoms with Crippen LogP contribution < -0.4 is 10.2 Å². The third-order valence-corrected chi connectivity index (χ3v) is 3.01. The summed E-state index contributed by atoms with van der Waals surface area (Å²) in [5.41, 5.74) is 5.14. The first-order valence-electron chi connectivity index (χ1n) is 5.53. The van der Waals surface area contributed by atoms with E-state index >= 15 is 0 Å². The summed E-state index contributed by atoms with van der Waals surface area (Å²) in [6, 6.07) is 4.15. The fourth-order valence-corrected chi connectivity index (χ4v) is 2.23. The van der Waals surface area contributed by atoms with Gasteiger partial charge in [0.05, 0.1) is 14.2 Å². The number of halogens is 1. The molecule has 0 aliphatic rings. The third-order valence-electron chi connectivity index (χ3n) is 2.55. The smallest absolute Gasteiger partial charge is 0.127 e. The van der Waals surface area contributed by atoms with Crippen molar-refractivity contribution in [3.8, 4) is 5.75 Å². The van der Waals surface area contributed by atoms with E-state index in [4.69, 9.17) is 9.57 Å². The van der Waals surface area contributed by atoms with Crippen LogP contribution in [0.5, 0.6) is 5.75 Å². The summed E-state index contributed by atoms with van der Waals surface area (Å²) in [5.74, 6) is 0.922. The Morgan fingerprint density at radius 1 is 1.24 bits per heavy atom. The molecule has 0 heterocycles. The van der Waals surface area contributed by atoms with E-state index < -0.39 is 0 Å². The van der Waals surface area contributed by atoms with Gasteiger partial charge in [0.15, 0.2) is 0 Å². The maximum Gasteiger partial charge on any atom is 0.127 e. The first-order valence-corrected chi connectivity index (χ1v) is 6.32. The zero-order valence-electron chi connectivity index (χ0n) is 11.1. The number of methoxy groups -OCH3 is 1. The highest BCUT2D eigenvalue weighted by Gasteiger charge is 2.21. The fourth-order valence-electron chi connectivity index (χ4n) is 1.73. The first kappa shape index (κ1) is 14.5. The van der Waals surface area contributed by atoms with E-state index in [0.29, 0.717) is 6.54 Å². The standard InChI is InChI=1S/C13H20BrNO2/c1-13(2,3)11-7-10(14)6-9(8-15-17-5)12(11)16-4/h6-7,15H,8H2,1-5H3. The molecule has 0 amide bonds. The molecule has 0 saturated carbocycles. The van der Waals surface area contributed by atoms with Gasteiger partial charge < -0.3 is 9.57 Å². The molecule has 1 aromatic rings. The molecular weight excluding hydrogens is 282 g/mol. The van der Waals surface area contributed by atoms with Crippen LogP contribution in [-0.2, 0) is 16.8 Å². The zero-order chi connectivity index (χ0) is 13.1. The summed E-state index contributed by atoms with van der Waals surface area (Å²) < 4.78 is 6.59. The molecule has 4 heteroatoms. The van der Waals surface area contributed by atoms with Gasteiger partial charge in [-0.3, -0.25) is 0 Å². The molecule has 0 atom stereocenters. The first-order chi connectivity index (χ1) is 7.90. The van der Waals surface area contributed by atoms with E-state index in [9.17, 15) is 0 Å². The Kier molecular flexibility index (Phi) is 4.98. The molecule has 0 spiro atoms. The van der Waals surface area contributed by atoms with Crippen LogP contribution in [0.1, 0.15) is 31.9 Å². The van der Waals surface area contributed by atoms with Crippen LogP contribution in [0.2, 0.25) is 0 Å². The number of benzene rings is 1. The van der Waals surface area contributed by atoms with E-state index in [1.165, 1.54) is 5.56 Å². The molecule has 0 bridgehead atoms. The number of hydrogen-bond acceptors (Lipinski definition) is 3. The second kappa shape index (κ2) is 5.85. The molecule has 0 saturated heterocycles. The number of hydrogen-bond donors (Lipinski definition) is 1. The van der Waals surface area contributed by atoms with E-state index in [1.54, 1.807) is 14.2 Å². The lowest BCUT2D eigenvalue weighted by molar-refractivity contribution is 0.0860. The van der Waals surface area contributed by atoms with Crippen LogP contribution in [0.25, 0.3) is 0 Å². The average molecular weight is 302 g/mol. The van der Waals surface area contributed by atoms with Gasteiger partial charge in [0.2, 0.25) is 0 Å². The summed E-state index contributed by atoms with van der Waals surface area (Å²) >= 11 is 3.54. The van der Waals surface area contributed by atoms with Gasteiger partial charge in [-0.15, -0.1) is 0 Å². The minimum absolute atomic E-state index is 0.0386. The molecule has 1 aromatic carbocycles. The summed E-state index contributed by atoms with van der Waals surface area (Å²) in [4.78, 5) is 4.89. The number of rotatable bonds is 4. The second-order valence-corrected chi connectivity index (χ2v) is 5.84. The molecular formula is C13H20BrNO2. The van der Waals surface area contributed by atoms with Gasteiger partial charge in [0.1, 0.15) is 5.75 Å². The van der Waals surface area contributed by atoms with Gasteiger partial charge >= 0.3 is 0 Å². The van der Waals surface area contributed by atoms with Crippen molar-refractivity contribution < 1.29 is 9.57 Å². The maximum absolute atomic E-state index is 5.54. The van der Waals surface area contributed by atoms with Crippen molar-refractivity contribution in [2.24, 2.45) is 0 Å².